The summed E-state index contributed by atoms with van der Waals surface area (Å²) < 4.78 is 5.06. The zero-order chi connectivity index (χ0) is 20.1. The Morgan fingerprint density at radius 3 is 2.29 bits per heavy atom. The fraction of sp³-hybridized carbons (Fsp3) is 0.182. The van der Waals surface area contributed by atoms with Crippen molar-refractivity contribution in [1.82, 2.24) is 5.32 Å². The van der Waals surface area contributed by atoms with Crippen LogP contribution in [0.15, 0.2) is 71.3 Å². The average Bonchev–Trinajstić information content (AvgIpc) is 3.22. The minimum absolute atomic E-state index is 0.0787. The second kappa shape index (κ2) is 8.31. The summed E-state index contributed by atoms with van der Waals surface area (Å²) >= 11 is 5.92. The van der Waals surface area contributed by atoms with Crippen molar-refractivity contribution in [2.75, 3.05) is 5.32 Å². The fourth-order valence-electron chi connectivity index (χ4n) is 2.71. The lowest BCUT2D eigenvalue weighted by Crippen LogP contribution is -2.39. The molecule has 0 bridgehead atoms. The molecule has 2 aromatic carbocycles. The van der Waals surface area contributed by atoms with Gasteiger partial charge in [-0.2, -0.15) is 0 Å². The predicted octanol–water partition coefficient (Wildman–Crippen LogP) is 4.78. The van der Waals surface area contributed by atoms with Gasteiger partial charge in [0.25, 0.3) is 5.91 Å². The van der Waals surface area contributed by atoms with E-state index in [4.69, 9.17) is 16.0 Å². The molecule has 6 heteroatoms. The van der Waals surface area contributed by atoms with Crippen LogP contribution in [0.3, 0.4) is 0 Å². The smallest absolute Gasteiger partial charge is 0.291 e. The van der Waals surface area contributed by atoms with Crippen LogP contribution in [0.2, 0.25) is 5.02 Å². The molecule has 0 saturated heterocycles. The quantitative estimate of drug-likeness (QED) is 0.629. The third kappa shape index (κ3) is 4.61. The predicted molar refractivity (Wildman–Crippen MR) is 109 cm³/mol. The van der Waals surface area contributed by atoms with Crippen molar-refractivity contribution in [2.45, 2.75) is 25.8 Å². The number of nitrogens with one attached hydrogen (secondary N) is 2. The lowest BCUT2D eigenvalue weighted by molar-refractivity contribution is -0.125. The second-order valence-corrected chi connectivity index (χ2v) is 7.38. The van der Waals surface area contributed by atoms with Gasteiger partial charge in [-0.05, 0) is 61.4 Å². The third-order valence-electron chi connectivity index (χ3n) is 4.54. The Morgan fingerprint density at radius 1 is 1.00 bits per heavy atom. The van der Waals surface area contributed by atoms with Gasteiger partial charge in [-0.3, -0.25) is 9.59 Å². The highest BCUT2D eigenvalue weighted by Crippen LogP contribution is 2.25. The molecule has 0 aliphatic carbocycles. The summed E-state index contributed by atoms with van der Waals surface area (Å²) in [4.78, 5) is 24.6. The summed E-state index contributed by atoms with van der Waals surface area (Å²) in [5.74, 6) is -0.137. The highest BCUT2D eigenvalue weighted by atomic mass is 35.5. The number of halogens is 1. The zero-order valence-corrected chi connectivity index (χ0v) is 16.4. The second-order valence-electron chi connectivity index (χ2n) is 6.94. The Bertz CT molecular complexity index is 946. The first-order chi connectivity index (χ1) is 13.4. The third-order valence-corrected chi connectivity index (χ3v) is 4.80. The molecule has 0 radical (unpaired) electrons. The Morgan fingerprint density at radius 2 is 1.68 bits per heavy atom. The highest BCUT2D eigenvalue weighted by Gasteiger charge is 2.29. The molecule has 0 atom stereocenters. The van der Waals surface area contributed by atoms with Crippen molar-refractivity contribution in [1.29, 1.82) is 0 Å². The number of rotatable bonds is 6. The first kappa shape index (κ1) is 19.7. The van der Waals surface area contributed by atoms with E-state index >= 15 is 0 Å². The number of amides is 2. The van der Waals surface area contributed by atoms with E-state index in [1.165, 1.54) is 6.26 Å². The number of hydrogen-bond donors (Lipinski definition) is 2. The first-order valence-electron chi connectivity index (χ1n) is 8.84. The van der Waals surface area contributed by atoms with E-state index in [9.17, 15) is 9.59 Å². The maximum Gasteiger partial charge on any atom is 0.291 e. The summed E-state index contributed by atoms with van der Waals surface area (Å²) in [5.41, 5.74) is 1.79. The van der Waals surface area contributed by atoms with Gasteiger partial charge in [0, 0.05) is 17.3 Å². The Balaban J connectivity index is 1.57. The molecule has 0 unspecified atom stereocenters. The van der Waals surface area contributed by atoms with Crippen LogP contribution in [0, 0.1) is 0 Å². The molecule has 2 N–H and O–H groups in total. The van der Waals surface area contributed by atoms with Gasteiger partial charge >= 0.3 is 0 Å². The first-order valence-corrected chi connectivity index (χ1v) is 9.22. The van der Waals surface area contributed by atoms with E-state index < -0.39 is 5.41 Å². The van der Waals surface area contributed by atoms with E-state index in [1.807, 2.05) is 38.1 Å². The van der Waals surface area contributed by atoms with Crippen LogP contribution in [0.4, 0.5) is 5.69 Å². The lowest BCUT2D eigenvalue weighted by atomic mass is 9.83. The molecule has 1 aromatic heterocycles. The minimum Gasteiger partial charge on any atom is -0.459 e. The number of hydrogen-bond acceptors (Lipinski definition) is 3. The molecule has 0 aliphatic heterocycles. The monoisotopic (exact) mass is 396 g/mol. The van der Waals surface area contributed by atoms with Crippen molar-refractivity contribution < 1.29 is 14.0 Å². The van der Waals surface area contributed by atoms with Crippen LogP contribution < -0.4 is 10.6 Å². The van der Waals surface area contributed by atoms with Crippen molar-refractivity contribution in [3.63, 3.8) is 0 Å². The molecule has 0 fully saturated rings. The maximum atomic E-state index is 12.7. The molecule has 3 aromatic rings. The van der Waals surface area contributed by atoms with Gasteiger partial charge in [0.1, 0.15) is 0 Å². The van der Waals surface area contributed by atoms with E-state index in [0.29, 0.717) is 17.3 Å². The summed E-state index contributed by atoms with van der Waals surface area (Å²) in [6, 6.07) is 17.8. The summed E-state index contributed by atoms with van der Waals surface area (Å²) in [6.45, 7) is 4.14. The normalized spacial score (nSPS) is 11.1. The highest BCUT2D eigenvalue weighted by molar-refractivity contribution is 6.30. The van der Waals surface area contributed by atoms with Crippen molar-refractivity contribution in [3.05, 3.63) is 88.8 Å². The molecule has 0 spiro atoms. The Hall–Kier alpha value is -3.05. The van der Waals surface area contributed by atoms with Gasteiger partial charge in [0.2, 0.25) is 5.91 Å². The van der Waals surface area contributed by atoms with Crippen molar-refractivity contribution in [3.8, 4) is 0 Å². The number of carbonyl (C=O) groups is 2. The number of anilines is 1. The summed E-state index contributed by atoms with van der Waals surface area (Å²) in [6.07, 6.45) is 1.45. The molecule has 3 rings (SSSR count). The minimum atomic E-state index is -0.679. The SMILES string of the molecule is CC(C)(C(=O)NCc1ccc(NC(=O)c2ccco2)cc1)c1ccc(Cl)cc1. The molecule has 28 heavy (non-hydrogen) atoms. The Kier molecular flexibility index (Phi) is 5.85. The van der Waals surface area contributed by atoms with Gasteiger partial charge < -0.3 is 15.1 Å². The Labute approximate surface area is 168 Å². The lowest BCUT2D eigenvalue weighted by Gasteiger charge is -2.24. The maximum absolute atomic E-state index is 12.7. The number of benzene rings is 2. The largest absolute Gasteiger partial charge is 0.459 e. The van der Waals surface area contributed by atoms with Crippen molar-refractivity contribution in [2.24, 2.45) is 0 Å². The van der Waals surface area contributed by atoms with Crippen molar-refractivity contribution >= 4 is 29.1 Å². The van der Waals surface area contributed by atoms with Crippen LogP contribution in [0.1, 0.15) is 35.5 Å². The van der Waals surface area contributed by atoms with Gasteiger partial charge in [-0.1, -0.05) is 35.9 Å². The van der Waals surface area contributed by atoms with Crippen LogP contribution in [-0.4, -0.2) is 11.8 Å². The molecular weight excluding hydrogens is 376 g/mol. The fourth-order valence-corrected chi connectivity index (χ4v) is 2.83. The van der Waals surface area contributed by atoms with Gasteiger partial charge in [0.15, 0.2) is 5.76 Å². The average molecular weight is 397 g/mol. The zero-order valence-electron chi connectivity index (χ0n) is 15.7. The number of carbonyl (C=O) groups excluding carboxylic acids is 2. The van der Waals surface area contributed by atoms with Crippen LogP contribution >= 0.6 is 11.6 Å². The van der Waals surface area contributed by atoms with Gasteiger partial charge in [-0.25, -0.2) is 0 Å². The van der Waals surface area contributed by atoms with E-state index in [-0.39, 0.29) is 17.6 Å². The topological polar surface area (TPSA) is 71.3 Å². The summed E-state index contributed by atoms with van der Waals surface area (Å²) in [7, 11) is 0. The number of furan rings is 1. The summed E-state index contributed by atoms with van der Waals surface area (Å²) in [5, 5.41) is 6.35. The van der Waals surface area contributed by atoms with Crippen LogP contribution in [0.5, 0.6) is 0 Å². The molecule has 2 amide bonds. The van der Waals surface area contributed by atoms with E-state index in [1.54, 1.807) is 36.4 Å². The van der Waals surface area contributed by atoms with Crippen LogP contribution in [-0.2, 0) is 16.8 Å². The standard InChI is InChI=1S/C22H21ClN2O3/c1-22(2,16-7-9-17(23)10-8-16)21(27)24-14-15-5-11-18(12-6-15)25-20(26)19-4-3-13-28-19/h3-13H,14H2,1-2H3,(H,24,27)(H,25,26). The molecule has 0 aliphatic rings. The molecule has 144 valence electrons. The van der Waals surface area contributed by atoms with Gasteiger partial charge in [-0.15, -0.1) is 0 Å². The van der Waals surface area contributed by atoms with E-state index in [2.05, 4.69) is 10.6 Å². The molecular formula is C22H21ClN2O3. The van der Waals surface area contributed by atoms with E-state index in [0.717, 1.165) is 11.1 Å². The van der Waals surface area contributed by atoms with Crippen LogP contribution in [0.25, 0.3) is 0 Å². The molecule has 5 nitrogen and oxygen atoms in total. The van der Waals surface area contributed by atoms with Gasteiger partial charge in [0.05, 0.1) is 11.7 Å². The molecule has 1 heterocycles. The molecule has 0 saturated carbocycles.